The van der Waals surface area contributed by atoms with Gasteiger partial charge in [-0.3, -0.25) is 19.7 Å². The van der Waals surface area contributed by atoms with E-state index in [1.54, 1.807) is 6.92 Å². The summed E-state index contributed by atoms with van der Waals surface area (Å²) in [6, 6.07) is 11.2. The van der Waals surface area contributed by atoms with Crippen LogP contribution in [0.3, 0.4) is 0 Å². The van der Waals surface area contributed by atoms with Gasteiger partial charge in [0.25, 0.3) is 11.6 Å². The maximum Gasteiger partial charge on any atom is 0.270 e. The average molecular weight is 370 g/mol. The van der Waals surface area contributed by atoms with Crippen LogP contribution in [0.25, 0.3) is 0 Å². The van der Waals surface area contributed by atoms with Crippen molar-refractivity contribution in [3.63, 3.8) is 0 Å². The van der Waals surface area contributed by atoms with Crippen LogP contribution in [0.4, 0.5) is 11.4 Å². The lowest BCUT2D eigenvalue weighted by Gasteiger charge is -2.19. The van der Waals surface area contributed by atoms with Gasteiger partial charge in [-0.25, -0.2) is 0 Å². The number of carbonyl (C=O) groups is 2. The van der Waals surface area contributed by atoms with Crippen molar-refractivity contribution < 1.29 is 19.2 Å². The Morgan fingerprint density at radius 2 is 1.96 bits per heavy atom. The van der Waals surface area contributed by atoms with Crippen molar-refractivity contribution in [1.29, 1.82) is 0 Å². The maximum absolute atomic E-state index is 12.5. The topological polar surface area (TPSA) is 98.5 Å². The zero-order valence-corrected chi connectivity index (χ0v) is 15.5. The van der Waals surface area contributed by atoms with E-state index in [9.17, 15) is 19.7 Å². The zero-order valence-electron chi connectivity index (χ0n) is 15.5. The Balaban J connectivity index is 2.15. The maximum atomic E-state index is 12.5. The summed E-state index contributed by atoms with van der Waals surface area (Å²) in [5, 5.41) is 13.7. The molecule has 2 aromatic carbocycles. The summed E-state index contributed by atoms with van der Waals surface area (Å²) in [6.45, 7) is 5.71. The Labute approximate surface area is 157 Å². The highest BCUT2D eigenvalue weighted by Gasteiger charge is 2.20. The predicted octanol–water partition coefficient (Wildman–Crippen LogP) is 4.33. The molecule has 2 rings (SSSR count). The van der Waals surface area contributed by atoms with Gasteiger partial charge in [-0.1, -0.05) is 32.0 Å². The number of nitrogens with zero attached hydrogens (tertiary/aromatic N) is 1. The smallest absolute Gasteiger partial charge is 0.270 e. The lowest BCUT2D eigenvalue weighted by atomic mass is 9.97. The summed E-state index contributed by atoms with van der Waals surface area (Å²) in [6.07, 6.45) is 0.505. The number of amides is 1. The molecular formula is C20H22N2O5. The minimum Gasteiger partial charge on any atom is -0.480 e. The number of para-hydroxylation sites is 1. The number of carbonyl (C=O) groups excluding carboxylic acids is 2. The molecule has 0 saturated heterocycles. The minimum absolute atomic E-state index is 0.0175. The van der Waals surface area contributed by atoms with Gasteiger partial charge in [0.2, 0.25) is 0 Å². The van der Waals surface area contributed by atoms with E-state index in [1.165, 1.54) is 12.1 Å². The third-order valence-corrected chi connectivity index (χ3v) is 4.37. The summed E-state index contributed by atoms with van der Waals surface area (Å²) in [5.41, 5.74) is 1.55. The minimum atomic E-state index is -0.893. The van der Waals surface area contributed by atoms with Gasteiger partial charge in [-0.15, -0.1) is 0 Å². The SMILES string of the molecule is CC[C@H](C)c1ccccc1NC(=O)[C@@H](C)Oc1ccc([N+](=O)[O-])cc1C=O. The van der Waals surface area contributed by atoms with Crippen molar-refractivity contribution in [2.75, 3.05) is 5.32 Å². The Bertz CT molecular complexity index is 850. The number of nitrogens with one attached hydrogen (secondary N) is 1. The van der Waals surface area contributed by atoms with E-state index in [0.717, 1.165) is 18.1 Å². The molecule has 0 fully saturated rings. The molecule has 27 heavy (non-hydrogen) atoms. The van der Waals surface area contributed by atoms with Gasteiger partial charge in [0.15, 0.2) is 12.4 Å². The molecule has 0 unspecified atom stereocenters. The van der Waals surface area contributed by atoms with Crippen LogP contribution in [-0.4, -0.2) is 23.2 Å². The van der Waals surface area contributed by atoms with Crippen molar-refractivity contribution in [2.45, 2.75) is 39.2 Å². The number of non-ortho nitro benzene ring substituents is 1. The molecule has 0 aromatic heterocycles. The van der Waals surface area contributed by atoms with Gasteiger partial charge in [0, 0.05) is 17.8 Å². The van der Waals surface area contributed by atoms with Gasteiger partial charge in [-0.2, -0.15) is 0 Å². The second kappa shape index (κ2) is 8.93. The van der Waals surface area contributed by atoms with Crippen molar-refractivity contribution in [3.8, 4) is 5.75 Å². The highest BCUT2D eigenvalue weighted by Crippen LogP contribution is 2.27. The molecular weight excluding hydrogens is 348 g/mol. The number of rotatable bonds is 8. The summed E-state index contributed by atoms with van der Waals surface area (Å²) < 4.78 is 5.57. The van der Waals surface area contributed by atoms with E-state index in [1.807, 2.05) is 24.3 Å². The van der Waals surface area contributed by atoms with Crippen LogP contribution in [0, 0.1) is 10.1 Å². The Morgan fingerprint density at radius 1 is 1.26 bits per heavy atom. The molecule has 0 spiro atoms. The standard InChI is InChI=1S/C20H22N2O5/c1-4-13(2)17-7-5-6-8-18(17)21-20(24)14(3)27-19-10-9-16(22(25)26)11-15(19)12-23/h5-14H,4H2,1-3H3,(H,21,24)/t13-,14+/m0/s1. The zero-order chi connectivity index (χ0) is 20.0. The Hall–Kier alpha value is -3.22. The molecule has 7 heteroatoms. The molecule has 2 atom stereocenters. The van der Waals surface area contributed by atoms with Crippen LogP contribution in [0.2, 0.25) is 0 Å². The molecule has 1 N–H and O–H groups in total. The Kier molecular flexibility index (Phi) is 6.65. The summed E-state index contributed by atoms with van der Waals surface area (Å²) in [7, 11) is 0. The van der Waals surface area contributed by atoms with Gasteiger partial charge in [0.1, 0.15) is 5.75 Å². The van der Waals surface area contributed by atoms with Crippen molar-refractivity contribution in [2.24, 2.45) is 0 Å². The van der Waals surface area contributed by atoms with Gasteiger partial charge >= 0.3 is 0 Å². The second-order valence-corrected chi connectivity index (χ2v) is 6.24. The van der Waals surface area contributed by atoms with Crippen molar-refractivity contribution >= 4 is 23.6 Å². The lowest BCUT2D eigenvalue weighted by Crippen LogP contribution is -2.30. The number of nitro benzene ring substituents is 1. The first-order chi connectivity index (χ1) is 12.9. The first-order valence-electron chi connectivity index (χ1n) is 8.67. The third-order valence-electron chi connectivity index (χ3n) is 4.37. The fraction of sp³-hybridized carbons (Fsp3) is 0.300. The van der Waals surface area contributed by atoms with Crippen LogP contribution in [-0.2, 0) is 4.79 Å². The van der Waals surface area contributed by atoms with Crippen LogP contribution in [0.15, 0.2) is 42.5 Å². The highest BCUT2D eigenvalue weighted by atomic mass is 16.6. The molecule has 0 aliphatic rings. The molecule has 0 aliphatic heterocycles. The highest BCUT2D eigenvalue weighted by molar-refractivity contribution is 5.95. The lowest BCUT2D eigenvalue weighted by molar-refractivity contribution is -0.384. The average Bonchev–Trinajstić information content (AvgIpc) is 2.67. The quantitative estimate of drug-likeness (QED) is 0.424. The summed E-state index contributed by atoms with van der Waals surface area (Å²) in [5.74, 6) is 0.0310. The van der Waals surface area contributed by atoms with E-state index in [0.29, 0.717) is 12.0 Å². The first-order valence-corrected chi connectivity index (χ1v) is 8.67. The molecule has 0 radical (unpaired) electrons. The number of hydrogen-bond donors (Lipinski definition) is 1. The largest absolute Gasteiger partial charge is 0.480 e. The van der Waals surface area contributed by atoms with Gasteiger partial charge < -0.3 is 10.1 Å². The molecule has 2 aromatic rings. The summed E-state index contributed by atoms with van der Waals surface area (Å²) in [4.78, 5) is 33.9. The number of ether oxygens (including phenoxy) is 1. The number of nitro groups is 1. The number of hydrogen-bond acceptors (Lipinski definition) is 5. The second-order valence-electron chi connectivity index (χ2n) is 6.24. The molecule has 142 valence electrons. The molecule has 0 heterocycles. The van der Waals surface area contributed by atoms with E-state index in [4.69, 9.17) is 4.74 Å². The van der Waals surface area contributed by atoms with E-state index in [-0.39, 0.29) is 28.8 Å². The van der Waals surface area contributed by atoms with Crippen LogP contribution in [0.5, 0.6) is 5.75 Å². The van der Waals surface area contributed by atoms with Crippen molar-refractivity contribution in [1.82, 2.24) is 0 Å². The van der Waals surface area contributed by atoms with Crippen LogP contribution in [0.1, 0.15) is 49.0 Å². The van der Waals surface area contributed by atoms with E-state index in [2.05, 4.69) is 19.2 Å². The number of benzene rings is 2. The molecule has 0 bridgehead atoms. The predicted molar refractivity (Wildman–Crippen MR) is 102 cm³/mol. The third kappa shape index (κ3) is 4.91. The Morgan fingerprint density at radius 3 is 2.59 bits per heavy atom. The van der Waals surface area contributed by atoms with Crippen molar-refractivity contribution in [3.05, 3.63) is 63.7 Å². The molecule has 7 nitrogen and oxygen atoms in total. The van der Waals surface area contributed by atoms with Crippen LogP contribution < -0.4 is 10.1 Å². The first kappa shape index (κ1) is 20.1. The molecule has 0 aliphatic carbocycles. The molecule has 1 amide bonds. The van der Waals surface area contributed by atoms with Crippen LogP contribution >= 0.6 is 0 Å². The van der Waals surface area contributed by atoms with Gasteiger partial charge in [0.05, 0.1) is 10.5 Å². The fourth-order valence-electron chi connectivity index (χ4n) is 2.59. The number of aldehydes is 1. The van der Waals surface area contributed by atoms with E-state index < -0.39 is 11.0 Å². The van der Waals surface area contributed by atoms with E-state index >= 15 is 0 Å². The summed E-state index contributed by atoms with van der Waals surface area (Å²) >= 11 is 0. The fourth-order valence-corrected chi connectivity index (χ4v) is 2.59. The normalized spacial score (nSPS) is 12.7. The monoisotopic (exact) mass is 370 g/mol. The van der Waals surface area contributed by atoms with Gasteiger partial charge in [-0.05, 0) is 37.0 Å². The number of anilines is 1. The molecule has 0 saturated carbocycles.